The minimum absolute atomic E-state index is 0.268. The molecule has 0 aromatic carbocycles. The van der Waals surface area contributed by atoms with Crippen molar-refractivity contribution in [2.24, 2.45) is 5.92 Å². The monoisotopic (exact) mass is 283 g/mol. The van der Waals surface area contributed by atoms with E-state index in [0.717, 1.165) is 25.3 Å². The van der Waals surface area contributed by atoms with E-state index in [1.54, 1.807) is 11.0 Å². The number of hydrogen-bond donors (Lipinski definition) is 0. The van der Waals surface area contributed by atoms with E-state index in [-0.39, 0.29) is 5.91 Å². The highest BCUT2D eigenvalue weighted by atomic mass is 16.2. The molecule has 1 saturated carbocycles. The first kappa shape index (κ1) is 21.5. The molecule has 2 heteroatoms. The Morgan fingerprint density at radius 3 is 2.05 bits per heavy atom. The maximum Gasteiger partial charge on any atom is 0.222 e. The molecule has 0 aliphatic heterocycles. The predicted octanol–water partition coefficient (Wildman–Crippen LogP) is 5.43. The Bertz CT molecular complexity index is 219. The van der Waals surface area contributed by atoms with Crippen LogP contribution >= 0.6 is 0 Å². The molecular formula is C18H37NO. The van der Waals surface area contributed by atoms with Gasteiger partial charge in [0.1, 0.15) is 0 Å². The number of rotatable bonds is 4. The molecule has 2 nitrogen and oxygen atoms in total. The third-order valence-corrected chi connectivity index (χ3v) is 3.54. The van der Waals surface area contributed by atoms with Gasteiger partial charge in [0, 0.05) is 20.0 Å². The molecule has 0 aromatic rings. The van der Waals surface area contributed by atoms with Crippen molar-refractivity contribution < 1.29 is 4.79 Å². The zero-order valence-electron chi connectivity index (χ0n) is 14.6. The van der Waals surface area contributed by atoms with Crippen molar-refractivity contribution in [3.05, 3.63) is 12.7 Å². The fourth-order valence-corrected chi connectivity index (χ4v) is 2.00. The number of nitrogens with zero attached hydrogens (tertiary/aromatic N) is 1. The van der Waals surface area contributed by atoms with E-state index in [2.05, 4.69) is 20.4 Å². The Hall–Kier alpha value is -0.790. The molecule has 20 heavy (non-hydrogen) atoms. The predicted molar refractivity (Wildman–Crippen MR) is 91.0 cm³/mol. The topological polar surface area (TPSA) is 20.3 Å². The zero-order valence-corrected chi connectivity index (χ0v) is 14.6. The molecule has 1 aliphatic carbocycles. The summed E-state index contributed by atoms with van der Waals surface area (Å²) in [6.45, 7) is 12.5. The fraction of sp³-hybridized carbons (Fsp3) is 0.833. The maximum atomic E-state index is 11.1. The van der Waals surface area contributed by atoms with Gasteiger partial charge in [-0.25, -0.2) is 0 Å². The highest BCUT2D eigenvalue weighted by Gasteiger charge is 2.06. The molecular weight excluding hydrogens is 246 g/mol. The average Bonchev–Trinajstić information content (AvgIpc) is 2.46. The van der Waals surface area contributed by atoms with Crippen molar-refractivity contribution in [3.63, 3.8) is 0 Å². The van der Waals surface area contributed by atoms with Gasteiger partial charge in [0.2, 0.25) is 5.91 Å². The van der Waals surface area contributed by atoms with Gasteiger partial charge in [0.05, 0.1) is 0 Å². The Labute approximate surface area is 127 Å². The summed E-state index contributed by atoms with van der Waals surface area (Å²) in [5, 5.41) is 0. The normalized spacial score (nSPS) is 14.2. The Kier molecular flexibility index (Phi) is 17.5. The second-order valence-corrected chi connectivity index (χ2v) is 5.66. The van der Waals surface area contributed by atoms with E-state index < -0.39 is 0 Å². The van der Waals surface area contributed by atoms with Gasteiger partial charge in [-0.1, -0.05) is 58.4 Å². The molecule has 1 rings (SSSR count). The summed E-state index contributed by atoms with van der Waals surface area (Å²) in [5.74, 6) is 1.30. The van der Waals surface area contributed by atoms with E-state index in [9.17, 15) is 4.79 Å². The van der Waals surface area contributed by atoms with Crippen LogP contribution in [0.2, 0.25) is 0 Å². The van der Waals surface area contributed by atoms with Crippen molar-refractivity contribution in [2.45, 2.75) is 79.1 Å². The van der Waals surface area contributed by atoms with E-state index in [1.807, 2.05) is 20.9 Å². The van der Waals surface area contributed by atoms with Crippen molar-refractivity contribution in [1.82, 2.24) is 4.90 Å². The van der Waals surface area contributed by atoms with E-state index >= 15 is 0 Å². The highest BCUT2D eigenvalue weighted by Crippen LogP contribution is 2.22. The zero-order chi connectivity index (χ0) is 15.8. The minimum Gasteiger partial charge on any atom is -0.346 e. The first-order valence-electron chi connectivity index (χ1n) is 8.34. The number of carbonyl (C=O) groups is 1. The first-order chi connectivity index (χ1) is 9.53. The Balaban J connectivity index is 0. The van der Waals surface area contributed by atoms with Gasteiger partial charge < -0.3 is 4.90 Å². The lowest BCUT2D eigenvalue weighted by molar-refractivity contribution is -0.129. The summed E-state index contributed by atoms with van der Waals surface area (Å²) in [5.41, 5.74) is 0. The molecule has 120 valence electrons. The van der Waals surface area contributed by atoms with Crippen LogP contribution in [0, 0.1) is 5.92 Å². The molecule has 1 amide bonds. The largest absolute Gasteiger partial charge is 0.346 e. The van der Waals surface area contributed by atoms with Crippen LogP contribution in [0.1, 0.15) is 79.1 Å². The maximum absolute atomic E-state index is 11.1. The van der Waals surface area contributed by atoms with Gasteiger partial charge in [-0.2, -0.15) is 0 Å². The lowest BCUT2D eigenvalue weighted by Gasteiger charge is -2.15. The molecule has 0 aromatic heterocycles. The van der Waals surface area contributed by atoms with Crippen LogP contribution in [0.3, 0.4) is 0 Å². The van der Waals surface area contributed by atoms with Crippen molar-refractivity contribution in [1.29, 1.82) is 0 Å². The Morgan fingerprint density at radius 1 is 1.25 bits per heavy atom. The van der Waals surface area contributed by atoms with Crippen LogP contribution in [-0.4, -0.2) is 24.4 Å². The summed E-state index contributed by atoms with van der Waals surface area (Å²) in [6, 6.07) is 0. The first-order valence-corrected chi connectivity index (χ1v) is 8.34. The van der Waals surface area contributed by atoms with Crippen LogP contribution in [0.15, 0.2) is 12.7 Å². The quantitative estimate of drug-likeness (QED) is 0.630. The van der Waals surface area contributed by atoms with Gasteiger partial charge >= 0.3 is 0 Å². The summed E-state index contributed by atoms with van der Waals surface area (Å²) in [7, 11) is 1.85. The second kappa shape index (κ2) is 16.3. The van der Waals surface area contributed by atoms with Gasteiger partial charge in [-0.3, -0.25) is 4.79 Å². The van der Waals surface area contributed by atoms with Gasteiger partial charge in [0.15, 0.2) is 0 Å². The summed E-state index contributed by atoms with van der Waals surface area (Å²) >= 11 is 0. The molecule has 0 N–H and O–H groups in total. The molecule has 0 bridgehead atoms. The Morgan fingerprint density at radius 2 is 1.75 bits per heavy atom. The lowest BCUT2D eigenvalue weighted by Crippen LogP contribution is -2.25. The third-order valence-electron chi connectivity index (χ3n) is 3.54. The van der Waals surface area contributed by atoms with Crippen molar-refractivity contribution in [3.8, 4) is 0 Å². The van der Waals surface area contributed by atoms with E-state index in [0.29, 0.717) is 6.42 Å². The van der Waals surface area contributed by atoms with Crippen molar-refractivity contribution in [2.75, 3.05) is 13.6 Å². The molecule has 0 saturated heterocycles. The van der Waals surface area contributed by atoms with Gasteiger partial charge in [-0.05, 0) is 26.2 Å². The summed E-state index contributed by atoms with van der Waals surface area (Å²) in [6.07, 6.45) is 12.0. The van der Waals surface area contributed by atoms with Gasteiger partial charge in [0.25, 0.3) is 0 Å². The summed E-state index contributed by atoms with van der Waals surface area (Å²) in [4.78, 5) is 12.8. The van der Waals surface area contributed by atoms with E-state index in [4.69, 9.17) is 0 Å². The average molecular weight is 284 g/mol. The smallest absolute Gasteiger partial charge is 0.222 e. The number of amides is 1. The van der Waals surface area contributed by atoms with Crippen LogP contribution in [-0.2, 0) is 4.79 Å². The number of carbonyl (C=O) groups excluding carboxylic acids is 1. The molecule has 0 unspecified atom stereocenters. The van der Waals surface area contributed by atoms with Gasteiger partial charge in [-0.15, -0.1) is 6.58 Å². The standard InChI is InChI=1S/C8H17NO.C7H14.C3H6/c1-4-6-7-8(10)9(3)5-2;1-7-5-3-2-4-6-7;1-3-2/h4-7H2,1-3H3;7H,2-6H2,1H3;3H,1H2,2H3. The molecule has 0 radical (unpaired) electrons. The molecule has 0 heterocycles. The number of unbranched alkanes of at least 4 members (excludes halogenated alkanes) is 1. The second-order valence-electron chi connectivity index (χ2n) is 5.66. The molecule has 1 fully saturated rings. The van der Waals surface area contributed by atoms with Crippen LogP contribution in [0.5, 0.6) is 0 Å². The van der Waals surface area contributed by atoms with Crippen LogP contribution < -0.4 is 0 Å². The SMILES string of the molecule is C=CC.CC1CCCCC1.CCCCC(=O)N(C)CC. The van der Waals surface area contributed by atoms with Crippen LogP contribution in [0.25, 0.3) is 0 Å². The highest BCUT2D eigenvalue weighted by molar-refractivity contribution is 5.75. The van der Waals surface area contributed by atoms with E-state index in [1.165, 1.54) is 32.1 Å². The minimum atomic E-state index is 0.268. The molecule has 1 aliphatic rings. The lowest BCUT2D eigenvalue weighted by atomic mass is 9.91. The fourth-order valence-electron chi connectivity index (χ4n) is 2.00. The number of allylic oxidation sites excluding steroid dienone is 1. The third kappa shape index (κ3) is 15.3. The molecule has 0 atom stereocenters. The van der Waals surface area contributed by atoms with Crippen molar-refractivity contribution >= 4 is 5.91 Å². The molecule has 0 spiro atoms. The van der Waals surface area contributed by atoms with Crippen LogP contribution in [0.4, 0.5) is 0 Å². The summed E-state index contributed by atoms with van der Waals surface area (Å²) < 4.78 is 0. The number of hydrogen-bond acceptors (Lipinski definition) is 1.